The summed E-state index contributed by atoms with van der Waals surface area (Å²) < 4.78 is 27.4. The third kappa shape index (κ3) is 3.57. The van der Waals surface area contributed by atoms with Gasteiger partial charge in [-0.3, -0.25) is 14.2 Å². The number of piperazine rings is 1. The first-order valence-electron chi connectivity index (χ1n) is 8.88. The molecule has 8 heteroatoms. The van der Waals surface area contributed by atoms with Crippen molar-refractivity contribution in [2.45, 2.75) is 35.1 Å². The standard InChI is InChI=1S/C17H23FN4OS2/c18-24-15-4-6-16(7-5-15)25(23)22-9-8-19-17(22)21-12-10-20(11-13-21)14-2-1-3-14/h4-7,14H,1-3,8-13H2. The molecule has 0 amide bonds. The molecule has 0 spiro atoms. The van der Waals surface area contributed by atoms with E-state index in [2.05, 4.69) is 14.8 Å². The number of rotatable bonds is 4. The van der Waals surface area contributed by atoms with Crippen molar-refractivity contribution in [2.24, 2.45) is 4.99 Å². The van der Waals surface area contributed by atoms with E-state index in [0.29, 0.717) is 22.9 Å². The third-order valence-electron chi connectivity index (χ3n) is 5.28. The smallest absolute Gasteiger partial charge is 0.209 e. The van der Waals surface area contributed by atoms with Crippen molar-refractivity contribution < 1.29 is 8.09 Å². The number of hydrogen-bond acceptors (Lipinski definition) is 5. The fraction of sp³-hybridized carbons (Fsp3) is 0.588. The van der Waals surface area contributed by atoms with Gasteiger partial charge in [0.25, 0.3) is 0 Å². The van der Waals surface area contributed by atoms with Crippen molar-refractivity contribution in [3.05, 3.63) is 24.3 Å². The molecule has 136 valence electrons. The zero-order valence-electron chi connectivity index (χ0n) is 14.1. The van der Waals surface area contributed by atoms with E-state index in [-0.39, 0.29) is 12.1 Å². The quantitative estimate of drug-likeness (QED) is 0.802. The van der Waals surface area contributed by atoms with E-state index < -0.39 is 11.0 Å². The van der Waals surface area contributed by atoms with Crippen LogP contribution in [0.2, 0.25) is 0 Å². The first-order chi connectivity index (χ1) is 12.3. The molecule has 25 heavy (non-hydrogen) atoms. The largest absolute Gasteiger partial charge is 0.339 e. The average Bonchev–Trinajstić information content (AvgIpc) is 3.10. The van der Waals surface area contributed by atoms with E-state index in [1.807, 2.05) is 4.31 Å². The molecule has 5 nitrogen and oxygen atoms in total. The molecule has 1 aliphatic carbocycles. The second-order valence-corrected chi connectivity index (χ2v) is 8.73. The fourth-order valence-electron chi connectivity index (χ4n) is 3.61. The summed E-state index contributed by atoms with van der Waals surface area (Å²) >= 11 is 0.205. The first kappa shape index (κ1) is 17.3. The van der Waals surface area contributed by atoms with Gasteiger partial charge in [0.2, 0.25) is 5.96 Å². The maximum absolute atomic E-state index is 12.9. The molecule has 0 N–H and O–H groups in total. The van der Waals surface area contributed by atoms with Gasteiger partial charge in [-0.15, -0.1) is 0 Å². The molecule has 1 saturated carbocycles. The van der Waals surface area contributed by atoms with Gasteiger partial charge in [-0.25, -0.2) is 4.21 Å². The van der Waals surface area contributed by atoms with Crippen molar-refractivity contribution in [3.8, 4) is 0 Å². The highest BCUT2D eigenvalue weighted by atomic mass is 32.2. The predicted molar refractivity (Wildman–Crippen MR) is 99.6 cm³/mol. The van der Waals surface area contributed by atoms with Gasteiger partial charge < -0.3 is 4.90 Å². The Bertz CT molecular complexity index is 657. The van der Waals surface area contributed by atoms with Crippen molar-refractivity contribution in [3.63, 3.8) is 0 Å². The Balaban J connectivity index is 1.40. The second-order valence-electron chi connectivity index (χ2n) is 6.69. The van der Waals surface area contributed by atoms with Crippen LogP contribution < -0.4 is 0 Å². The molecule has 3 aliphatic rings. The van der Waals surface area contributed by atoms with Crippen LogP contribution in [0.15, 0.2) is 39.0 Å². The van der Waals surface area contributed by atoms with Gasteiger partial charge in [0.1, 0.15) is 0 Å². The number of nitrogens with zero attached hydrogens (tertiary/aromatic N) is 4. The molecule has 2 aliphatic heterocycles. The molecule has 4 rings (SSSR count). The van der Waals surface area contributed by atoms with Crippen molar-refractivity contribution >= 4 is 29.1 Å². The summed E-state index contributed by atoms with van der Waals surface area (Å²) in [4.78, 5) is 10.7. The number of benzene rings is 1. The zero-order valence-corrected chi connectivity index (χ0v) is 15.8. The number of hydrogen-bond donors (Lipinski definition) is 0. The molecule has 1 unspecified atom stereocenters. The third-order valence-corrected chi connectivity index (χ3v) is 7.15. The number of aliphatic imine (C=N–C) groups is 1. The number of guanidine groups is 1. The van der Waals surface area contributed by atoms with Gasteiger partial charge in [-0.05, 0) is 37.1 Å². The van der Waals surface area contributed by atoms with Crippen LogP contribution in [0.5, 0.6) is 0 Å². The second kappa shape index (κ2) is 7.63. The molecule has 0 radical (unpaired) electrons. The van der Waals surface area contributed by atoms with Crippen LogP contribution in [0.25, 0.3) is 0 Å². The molecule has 1 aromatic rings. The summed E-state index contributed by atoms with van der Waals surface area (Å²) in [5.74, 6) is 0.857. The normalized spacial score (nSPS) is 23.5. The van der Waals surface area contributed by atoms with Crippen LogP contribution in [0.4, 0.5) is 3.89 Å². The first-order valence-corrected chi connectivity index (χ1v) is 10.7. The van der Waals surface area contributed by atoms with E-state index in [4.69, 9.17) is 0 Å². The Kier molecular flexibility index (Phi) is 5.28. The lowest BCUT2D eigenvalue weighted by molar-refractivity contribution is 0.0834. The van der Waals surface area contributed by atoms with E-state index in [0.717, 1.165) is 38.2 Å². The van der Waals surface area contributed by atoms with Gasteiger partial charge in [0.05, 0.1) is 30.1 Å². The topological polar surface area (TPSA) is 39.2 Å². The lowest BCUT2D eigenvalue weighted by atomic mass is 9.91. The molecular formula is C17H23FN4OS2. The molecule has 1 aromatic carbocycles. The Morgan fingerprint density at radius 1 is 1.08 bits per heavy atom. The van der Waals surface area contributed by atoms with Gasteiger partial charge in [-0.2, -0.15) is 3.89 Å². The Morgan fingerprint density at radius 2 is 1.80 bits per heavy atom. The maximum Gasteiger partial charge on any atom is 0.209 e. The fourth-order valence-corrected chi connectivity index (χ4v) is 5.04. The minimum absolute atomic E-state index is 0.205. The number of halogens is 1. The molecule has 2 fully saturated rings. The van der Waals surface area contributed by atoms with Gasteiger partial charge in [0.15, 0.2) is 11.0 Å². The van der Waals surface area contributed by atoms with E-state index in [1.165, 1.54) is 19.3 Å². The van der Waals surface area contributed by atoms with Gasteiger partial charge >= 0.3 is 0 Å². The Labute approximate surface area is 155 Å². The van der Waals surface area contributed by atoms with Gasteiger partial charge in [-0.1, -0.05) is 6.42 Å². The summed E-state index contributed by atoms with van der Waals surface area (Å²) in [7, 11) is -1.29. The van der Waals surface area contributed by atoms with Crippen LogP contribution >= 0.6 is 12.1 Å². The average molecular weight is 383 g/mol. The van der Waals surface area contributed by atoms with Crippen LogP contribution in [0.1, 0.15) is 19.3 Å². The zero-order chi connectivity index (χ0) is 17.2. The van der Waals surface area contributed by atoms with E-state index >= 15 is 0 Å². The van der Waals surface area contributed by atoms with Crippen molar-refractivity contribution in [2.75, 3.05) is 39.3 Å². The molecule has 0 bridgehead atoms. The van der Waals surface area contributed by atoms with Crippen LogP contribution in [0.3, 0.4) is 0 Å². The molecule has 2 heterocycles. The summed E-state index contributed by atoms with van der Waals surface area (Å²) in [5, 5.41) is 0. The van der Waals surface area contributed by atoms with Crippen LogP contribution in [0, 0.1) is 0 Å². The summed E-state index contributed by atoms with van der Waals surface area (Å²) in [5.41, 5.74) is 0. The van der Waals surface area contributed by atoms with E-state index in [1.54, 1.807) is 24.3 Å². The highest BCUT2D eigenvalue weighted by Crippen LogP contribution is 2.26. The van der Waals surface area contributed by atoms with Crippen molar-refractivity contribution in [1.29, 1.82) is 0 Å². The Morgan fingerprint density at radius 3 is 2.40 bits per heavy atom. The minimum atomic E-state index is -1.29. The summed E-state index contributed by atoms with van der Waals surface area (Å²) in [6, 6.07) is 7.60. The molecule has 1 atom stereocenters. The SMILES string of the molecule is O=S(c1ccc(SF)cc1)N1CCN=C1N1CCN(C2CCC2)CC1. The lowest BCUT2D eigenvalue weighted by Crippen LogP contribution is -2.55. The highest BCUT2D eigenvalue weighted by Gasteiger charge is 2.33. The van der Waals surface area contributed by atoms with Crippen molar-refractivity contribution in [1.82, 2.24) is 14.1 Å². The predicted octanol–water partition coefficient (Wildman–Crippen LogP) is 2.53. The maximum atomic E-state index is 12.9. The highest BCUT2D eigenvalue weighted by molar-refractivity contribution is 7.94. The van der Waals surface area contributed by atoms with E-state index in [9.17, 15) is 8.09 Å². The summed E-state index contributed by atoms with van der Waals surface area (Å²) in [6.07, 6.45) is 4.04. The summed E-state index contributed by atoms with van der Waals surface area (Å²) in [6.45, 7) is 5.37. The van der Waals surface area contributed by atoms with Crippen LogP contribution in [-0.4, -0.2) is 69.6 Å². The van der Waals surface area contributed by atoms with Gasteiger partial charge in [0, 0.05) is 37.1 Å². The molecular weight excluding hydrogens is 359 g/mol. The molecule has 1 saturated heterocycles. The van der Waals surface area contributed by atoms with Crippen LogP contribution in [-0.2, 0) is 11.0 Å². The molecule has 0 aromatic heterocycles. The minimum Gasteiger partial charge on any atom is -0.339 e. The Hall–Kier alpha value is -1.12. The lowest BCUT2D eigenvalue weighted by Gasteiger charge is -2.44. The monoisotopic (exact) mass is 382 g/mol.